The maximum atomic E-state index is 13.3. The largest absolute Gasteiger partial charge is 0.491 e. The third kappa shape index (κ3) is 10.5. The normalized spacial score (nSPS) is 14.5. The van der Waals surface area contributed by atoms with Gasteiger partial charge in [-0.3, -0.25) is 23.7 Å². The number of halogens is 3. The van der Waals surface area contributed by atoms with E-state index in [0.29, 0.717) is 68.6 Å². The number of hydrogen-bond acceptors (Lipinski definition) is 14. The molecule has 0 radical (unpaired) electrons. The summed E-state index contributed by atoms with van der Waals surface area (Å²) in [5.41, 5.74) is 14.4. The molecule has 0 bridgehead atoms. The van der Waals surface area contributed by atoms with E-state index in [1.165, 1.54) is 30.7 Å². The number of amides is 2. The number of aryl methyl sites for hydroxylation is 1. The van der Waals surface area contributed by atoms with Gasteiger partial charge in [-0.25, -0.2) is 19.3 Å². The lowest BCUT2D eigenvalue weighted by molar-refractivity contribution is 0.0357. The molecule has 0 aliphatic carbocycles. The molecule has 8 rings (SSSR count). The van der Waals surface area contributed by atoms with Gasteiger partial charge in [0.1, 0.15) is 21.5 Å². The Labute approximate surface area is 369 Å². The number of thiophene rings is 1. The van der Waals surface area contributed by atoms with E-state index in [9.17, 15) is 14.0 Å². The Hall–Kier alpha value is -5.70. The van der Waals surface area contributed by atoms with Crippen molar-refractivity contribution >= 4 is 69.0 Å². The van der Waals surface area contributed by atoms with E-state index in [0.717, 1.165) is 67.4 Å². The summed E-state index contributed by atoms with van der Waals surface area (Å²) in [5, 5.41) is 11.6. The Balaban J connectivity index is 0.000000193. The molecule has 6 aromatic rings. The summed E-state index contributed by atoms with van der Waals surface area (Å²) in [6, 6.07) is 11.4. The number of nitrogens with one attached hydrogen (secondary N) is 2. The number of aromatic nitrogens is 6. The fourth-order valence-electron chi connectivity index (χ4n) is 7.00. The van der Waals surface area contributed by atoms with Crippen LogP contribution in [0.2, 0.25) is 9.36 Å². The van der Waals surface area contributed by atoms with E-state index in [4.69, 9.17) is 53.9 Å². The molecule has 17 nitrogen and oxygen atoms in total. The monoisotopic (exact) mass is 906 g/mol. The standard InChI is InChI=1S/C23H28N8O4.C18H17Cl2FN4OS/c1-33-19-17(35-10-2-6-30-8-11-34-12-9-30)4-3-16-18(19)28-23(31-7-5-25-20(16)31)29-21(32)15-13-26-22(24)27-14-15;1-25-16(14(19)9-23-25)13-7-15(27-17(13)20)18(26)24-12(8-22)6-10-3-2-4-11(21)5-10/h3-4,13-14,25H,2,5-12H2,1H3,(H2,24,26,27);2-5,7,9,12H,6,8,22H2,1H3,(H,24,26). The van der Waals surface area contributed by atoms with Crippen molar-refractivity contribution in [1.82, 2.24) is 39.5 Å². The molecular formula is C41H45Cl2FN12O5S. The van der Waals surface area contributed by atoms with Gasteiger partial charge in [-0.2, -0.15) is 10.1 Å². The molecule has 2 amide bonds. The van der Waals surface area contributed by atoms with Gasteiger partial charge in [-0.1, -0.05) is 35.3 Å². The van der Waals surface area contributed by atoms with Crippen LogP contribution in [-0.4, -0.2) is 112 Å². The SMILES string of the molecule is COc1c(OCCCN2CCOCC2)ccc2c3n(c(=NC(=O)c4cnc(N)nc4)nc12)CCN3.Cn1ncc(Cl)c1-c1cc(C(=O)NC(CN)Cc2cccc(F)c2)sc1Cl. The first-order chi connectivity index (χ1) is 30.0. The number of carbonyl (C=O) groups is 2. The van der Waals surface area contributed by atoms with Gasteiger partial charge in [-0.05, 0) is 48.7 Å². The molecule has 0 spiro atoms. The number of nitrogens with two attached hydrogens (primary N) is 2. The summed E-state index contributed by atoms with van der Waals surface area (Å²) < 4.78 is 34.5. The van der Waals surface area contributed by atoms with Crippen LogP contribution in [0.25, 0.3) is 22.2 Å². The molecule has 2 aliphatic rings. The Bertz CT molecular complexity index is 2600. The van der Waals surface area contributed by atoms with Crippen molar-refractivity contribution in [2.75, 3.05) is 70.7 Å². The number of nitrogen functional groups attached to an aromatic ring is 1. The molecule has 1 atom stereocenters. The summed E-state index contributed by atoms with van der Waals surface area (Å²) >= 11 is 13.6. The van der Waals surface area contributed by atoms with Crippen molar-refractivity contribution in [2.24, 2.45) is 17.8 Å². The minimum Gasteiger partial charge on any atom is -0.491 e. The number of benzene rings is 2. The molecule has 1 saturated heterocycles. The molecule has 1 unspecified atom stereocenters. The Morgan fingerprint density at radius 2 is 1.90 bits per heavy atom. The van der Waals surface area contributed by atoms with Crippen molar-refractivity contribution in [2.45, 2.75) is 25.4 Å². The van der Waals surface area contributed by atoms with E-state index in [1.807, 2.05) is 16.7 Å². The van der Waals surface area contributed by atoms with Gasteiger partial charge in [-0.15, -0.1) is 11.3 Å². The summed E-state index contributed by atoms with van der Waals surface area (Å²) in [7, 11) is 3.33. The maximum absolute atomic E-state index is 13.3. The van der Waals surface area contributed by atoms with E-state index >= 15 is 0 Å². The molecule has 21 heteroatoms. The number of hydrogen-bond donors (Lipinski definition) is 4. The fourth-order valence-corrected chi connectivity index (χ4v) is 8.45. The number of rotatable bonds is 13. The van der Waals surface area contributed by atoms with Crippen LogP contribution in [0.1, 0.15) is 32.0 Å². The second-order valence-electron chi connectivity index (χ2n) is 14.2. The van der Waals surface area contributed by atoms with Crippen LogP contribution in [0.15, 0.2) is 66.0 Å². The van der Waals surface area contributed by atoms with Crippen LogP contribution in [0.4, 0.5) is 16.2 Å². The number of carbonyl (C=O) groups excluding carboxylic acids is 2. The van der Waals surface area contributed by atoms with Crippen LogP contribution in [0, 0.1) is 5.82 Å². The van der Waals surface area contributed by atoms with E-state index in [1.54, 1.807) is 37.0 Å². The Morgan fingerprint density at radius 1 is 1.11 bits per heavy atom. The number of ether oxygens (including phenoxy) is 3. The number of methoxy groups -OCH3 is 1. The summed E-state index contributed by atoms with van der Waals surface area (Å²) in [5.74, 6) is 0.898. The topological polar surface area (TPSA) is 215 Å². The van der Waals surface area contributed by atoms with Gasteiger partial charge in [0.25, 0.3) is 11.8 Å². The van der Waals surface area contributed by atoms with Crippen LogP contribution >= 0.6 is 34.5 Å². The van der Waals surface area contributed by atoms with Gasteiger partial charge < -0.3 is 36.3 Å². The van der Waals surface area contributed by atoms with E-state index < -0.39 is 5.91 Å². The number of morpholine rings is 1. The first-order valence-corrected chi connectivity index (χ1v) is 21.3. The minimum atomic E-state index is -0.507. The summed E-state index contributed by atoms with van der Waals surface area (Å²) in [4.78, 5) is 44.9. The van der Waals surface area contributed by atoms with Crippen LogP contribution < -0.4 is 37.2 Å². The smallest absolute Gasteiger partial charge is 0.283 e. The fraction of sp³-hybridized carbons (Fsp3) is 0.341. The number of fused-ring (bicyclic) bond motifs is 3. The molecule has 62 heavy (non-hydrogen) atoms. The van der Waals surface area contributed by atoms with Crippen molar-refractivity contribution in [3.05, 3.63) is 97.9 Å². The molecule has 2 aromatic carbocycles. The molecular weight excluding hydrogens is 863 g/mol. The number of nitrogens with zero attached hydrogens (tertiary/aromatic N) is 8. The zero-order valence-corrected chi connectivity index (χ0v) is 36.3. The van der Waals surface area contributed by atoms with Gasteiger partial charge >= 0.3 is 0 Å². The average molecular weight is 908 g/mol. The summed E-state index contributed by atoms with van der Waals surface area (Å²) in [6.07, 6.45) is 5.53. The highest BCUT2D eigenvalue weighted by atomic mass is 35.5. The zero-order valence-electron chi connectivity index (χ0n) is 33.9. The number of anilines is 2. The Kier molecular flexibility index (Phi) is 14.6. The van der Waals surface area contributed by atoms with Crippen molar-refractivity contribution in [3.8, 4) is 22.8 Å². The predicted octanol–water partition coefficient (Wildman–Crippen LogP) is 4.58. The molecule has 1 fully saturated rings. The Morgan fingerprint density at radius 3 is 2.61 bits per heavy atom. The third-order valence-electron chi connectivity index (χ3n) is 10.1. The first-order valence-electron chi connectivity index (χ1n) is 19.7. The van der Waals surface area contributed by atoms with E-state index in [2.05, 4.69) is 35.6 Å². The lowest BCUT2D eigenvalue weighted by atomic mass is 10.1. The quantitative estimate of drug-likeness (QED) is 0.117. The van der Waals surface area contributed by atoms with Gasteiger partial charge in [0.15, 0.2) is 11.5 Å². The highest BCUT2D eigenvalue weighted by Gasteiger charge is 2.23. The van der Waals surface area contributed by atoms with Gasteiger partial charge in [0.2, 0.25) is 11.6 Å². The molecule has 6 N–H and O–H groups in total. The molecule has 0 saturated carbocycles. The second-order valence-corrected chi connectivity index (χ2v) is 16.3. The highest BCUT2D eigenvalue weighted by Crippen LogP contribution is 2.39. The van der Waals surface area contributed by atoms with Crippen molar-refractivity contribution < 1.29 is 28.2 Å². The van der Waals surface area contributed by atoms with Crippen LogP contribution in [-0.2, 0) is 24.8 Å². The highest BCUT2D eigenvalue weighted by molar-refractivity contribution is 7.18. The zero-order chi connectivity index (χ0) is 43.8. The predicted molar refractivity (Wildman–Crippen MR) is 235 cm³/mol. The van der Waals surface area contributed by atoms with E-state index in [-0.39, 0.29) is 41.4 Å². The second kappa shape index (κ2) is 20.4. The summed E-state index contributed by atoms with van der Waals surface area (Å²) in [6.45, 7) is 6.51. The van der Waals surface area contributed by atoms with Crippen molar-refractivity contribution in [3.63, 3.8) is 0 Å². The van der Waals surface area contributed by atoms with Crippen LogP contribution in [0.5, 0.6) is 11.5 Å². The molecule has 326 valence electrons. The van der Waals surface area contributed by atoms with Gasteiger partial charge in [0.05, 0.1) is 54.3 Å². The van der Waals surface area contributed by atoms with Crippen molar-refractivity contribution in [1.29, 1.82) is 0 Å². The third-order valence-corrected chi connectivity index (χ3v) is 11.7. The lowest BCUT2D eigenvalue weighted by Gasteiger charge is -2.26. The molecule has 2 aliphatic heterocycles. The first kappa shape index (κ1) is 44.4. The van der Waals surface area contributed by atoms with Gasteiger partial charge in [0, 0.05) is 75.7 Å². The maximum Gasteiger partial charge on any atom is 0.283 e. The average Bonchev–Trinajstić information content (AvgIpc) is 4.01. The lowest BCUT2D eigenvalue weighted by Crippen LogP contribution is -2.41. The molecule has 4 aromatic heterocycles. The van der Waals surface area contributed by atoms with Crippen LogP contribution in [0.3, 0.4) is 0 Å². The molecule has 6 heterocycles. The minimum absolute atomic E-state index is 0.0899.